The van der Waals surface area contributed by atoms with Crippen LogP contribution < -0.4 is 10.4 Å². The molecule has 27 heavy (non-hydrogen) atoms. The molecule has 4 rings (SSSR count). The summed E-state index contributed by atoms with van der Waals surface area (Å²) in [7, 11) is 1.54. The van der Waals surface area contributed by atoms with E-state index in [0.29, 0.717) is 11.3 Å². The maximum Gasteiger partial charge on any atom is 0.346 e. The number of carbonyl (C=O) groups excluding carboxylic acids is 2. The maximum absolute atomic E-state index is 13.0. The number of ether oxygens (including phenoxy) is 1. The van der Waals surface area contributed by atoms with Gasteiger partial charge in [0.25, 0.3) is 11.8 Å². The Morgan fingerprint density at radius 1 is 0.963 bits per heavy atom. The van der Waals surface area contributed by atoms with Gasteiger partial charge < -0.3 is 9.72 Å². The Bertz CT molecular complexity index is 1090. The molecule has 134 valence electrons. The molecule has 0 spiro atoms. The van der Waals surface area contributed by atoms with Gasteiger partial charge >= 0.3 is 5.69 Å². The van der Waals surface area contributed by atoms with Crippen molar-refractivity contribution in [1.29, 1.82) is 0 Å². The first-order chi connectivity index (χ1) is 13.1. The number of hydrogen-bond donors (Lipinski definition) is 1. The SMILES string of the molecule is COc1ccc(-c2nc(=O)[nH]c3c2C(=O)N(Cc2ccccc2)C3=O)cc1. The van der Waals surface area contributed by atoms with Crippen molar-refractivity contribution in [2.24, 2.45) is 0 Å². The van der Waals surface area contributed by atoms with E-state index in [9.17, 15) is 14.4 Å². The molecule has 2 aromatic carbocycles. The summed E-state index contributed by atoms with van der Waals surface area (Å²) < 4.78 is 5.13. The third-order valence-electron chi connectivity index (χ3n) is 4.40. The lowest BCUT2D eigenvalue weighted by atomic mass is 10.1. The van der Waals surface area contributed by atoms with E-state index in [1.165, 1.54) is 0 Å². The number of hydrogen-bond acceptors (Lipinski definition) is 5. The highest BCUT2D eigenvalue weighted by Gasteiger charge is 2.39. The van der Waals surface area contributed by atoms with Crippen LogP contribution in [0.2, 0.25) is 0 Å². The Morgan fingerprint density at radius 2 is 1.67 bits per heavy atom. The van der Waals surface area contributed by atoms with E-state index in [0.717, 1.165) is 10.5 Å². The molecule has 0 fully saturated rings. The Morgan fingerprint density at radius 3 is 2.33 bits per heavy atom. The molecule has 7 heteroatoms. The largest absolute Gasteiger partial charge is 0.497 e. The molecular weight excluding hydrogens is 346 g/mol. The number of methoxy groups -OCH3 is 1. The van der Waals surface area contributed by atoms with E-state index in [1.54, 1.807) is 31.4 Å². The van der Waals surface area contributed by atoms with Crippen LogP contribution in [0.4, 0.5) is 0 Å². The van der Waals surface area contributed by atoms with Crippen LogP contribution in [0, 0.1) is 0 Å². The van der Waals surface area contributed by atoms with Crippen molar-refractivity contribution < 1.29 is 14.3 Å². The second-order valence-electron chi connectivity index (χ2n) is 6.05. The summed E-state index contributed by atoms with van der Waals surface area (Å²) in [4.78, 5) is 45.2. The average molecular weight is 361 g/mol. The molecule has 1 aromatic heterocycles. The molecule has 0 aliphatic carbocycles. The first kappa shape index (κ1) is 16.7. The zero-order chi connectivity index (χ0) is 19.0. The number of amides is 2. The minimum atomic E-state index is -0.678. The number of benzene rings is 2. The fourth-order valence-electron chi connectivity index (χ4n) is 3.07. The van der Waals surface area contributed by atoms with Crippen molar-refractivity contribution in [3.8, 4) is 17.0 Å². The van der Waals surface area contributed by atoms with Crippen LogP contribution >= 0.6 is 0 Å². The standard InChI is InChI=1S/C20H15N3O4/c1-27-14-9-7-13(8-10-14)16-15-17(22-20(26)21-16)19(25)23(18(15)24)11-12-5-3-2-4-6-12/h2-10H,11H2,1H3,(H,21,22,26). The van der Waals surface area contributed by atoms with Crippen LogP contribution in [0.25, 0.3) is 11.3 Å². The van der Waals surface area contributed by atoms with Crippen LogP contribution in [0.15, 0.2) is 59.4 Å². The molecule has 1 aliphatic heterocycles. The average Bonchev–Trinajstić information content (AvgIpc) is 2.93. The first-order valence-corrected chi connectivity index (χ1v) is 8.27. The fourth-order valence-corrected chi connectivity index (χ4v) is 3.07. The van der Waals surface area contributed by atoms with Gasteiger partial charge in [-0.25, -0.2) is 4.79 Å². The van der Waals surface area contributed by atoms with Gasteiger partial charge in [-0.15, -0.1) is 0 Å². The van der Waals surface area contributed by atoms with Gasteiger partial charge in [0.05, 0.1) is 24.9 Å². The highest BCUT2D eigenvalue weighted by molar-refractivity contribution is 6.22. The van der Waals surface area contributed by atoms with Crippen molar-refractivity contribution in [3.05, 3.63) is 81.9 Å². The second-order valence-corrected chi connectivity index (χ2v) is 6.05. The molecule has 7 nitrogen and oxygen atoms in total. The molecule has 3 aromatic rings. The van der Waals surface area contributed by atoms with Gasteiger partial charge in [-0.1, -0.05) is 30.3 Å². The van der Waals surface area contributed by atoms with E-state index in [2.05, 4.69) is 9.97 Å². The summed E-state index contributed by atoms with van der Waals surface area (Å²) in [5, 5.41) is 0. The summed E-state index contributed by atoms with van der Waals surface area (Å²) >= 11 is 0. The van der Waals surface area contributed by atoms with E-state index >= 15 is 0 Å². The summed E-state index contributed by atoms with van der Waals surface area (Å²) in [6.45, 7) is 0.122. The molecule has 0 saturated carbocycles. The van der Waals surface area contributed by atoms with Crippen LogP contribution in [-0.2, 0) is 6.54 Å². The van der Waals surface area contributed by atoms with E-state index in [4.69, 9.17) is 4.74 Å². The number of aromatic amines is 1. The number of nitrogens with one attached hydrogen (secondary N) is 1. The van der Waals surface area contributed by atoms with Crippen LogP contribution in [0.3, 0.4) is 0 Å². The smallest absolute Gasteiger partial charge is 0.346 e. The summed E-state index contributed by atoms with van der Waals surface area (Å²) in [6.07, 6.45) is 0. The van der Waals surface area contributed by atoms with Crippen LogP contribution in [-0.4, -0.2) is 33.8 Å². The number of imide groups is 1. The van der Waals surface area contributed by atoms with E-state index in [-0.39, 0.29) is 23.5 Å². The molecule has 0 atom stereocenters. The lowest BCUT2D eigenvalue weighted by Crippen LogP contribution is -2.29. The first-order valence-electron chi connectivity index (χ1n) is 8.27. The van der Waals surface area contributed by atoms with E-state index in [1.807, 2.05) is 30.3 Å². The van der Waals surface area contributed by atoms with Gasteiger partial charge in [0.15, 0.2) is 0 Å². The highest BCUT2D eigenvalue weighted by Crippen LogP contribution is 2.30. The minimum absolute atomic E-state index is 0.0262. The Labute approximate surface area is 154 Å². The van der Waals surface area contributed by atoms with E-state index < -0.39 is 17.5 Å². The number of aromatic nitrogens is 2. The molecule has 0 radical (unpaired) electrons. The summed E-state index contributed by atoms with van der Waals surface area (Å²) in [5.41, 5.74) is 0.962. The van der Waals surface area contributed by atoms with Gasteiger partial charge in [-0.2, -0.15) is 4.98 Å². The Kier molecular flexibility index (Phi) is 4.04. The molecule has 1 N–H and O–H groups in total. The molecule has 0 saturated heterocycles. The van der Waals surface area contributed by atoms with Crippen molar-refractivity contribution in [1.82, 2.24) is 14.9 Å². The number of rotatable bonds is 4. The van der Waals surface area contributed by atoms with Gasteiger partial charge in [-0.3, -0.25) is 14.5 Å². The summed E-state index contributed by atoms with van der Waals surface area (Å²) in [5.74, 6) is -0.380. The fraction of sp³-hybridized carbons (Fsp3) is 0.100. The molecule has 2 heterocycles. The minimum Gasteiger partial charge on any atom is -0.497 e. The number of fused-ring (bicyclic) bond motifs is 1. The third kappa shape index (κ3) is 2.89. The highest BCUT2D eigenvalue weighted by atomic mass is 16.5. The van der Waals surface area contributed by atoms with Gasteiger partial charge in [0.1, 0.15) is 11.4 Å². The topological polar surface area (TPSA) is 92.4 Å². The number of H-pyrrole nitrogens is 1. The van der Waals surface area contributed by atoms with Crippen LogP contribution in [0.5, 0.6) is 5.75 Å². The quantitative estimate of drug-likeness (QED) is 0.720. The zero-order valence-electron chi connectivity index (χ0n) is 14.4. The molecule has 0 unspecified atom stereocenters. The summed E-state index contributed by atoms with van der Waals surface area (Å²) in [6, 6.07) is 16.0. The lowest BCUT2D eigenvalue weighted by Gasteiger charge is -2.13. The van der Waals surface area contributed by atoms with Crippen molar-refractivity contribution in [3.63, 3.8) is 0 Å². The maximum atomic E-state index is 13.0. The van der Waals surface area contributed by atoms with Crippen molar-refractivity contribution in [2.45, 2.75) is 6.54 Å². The van der Waals surface area contributed by atoms with Crippen molar-refractivity contribution in [2.75, 3.05) is 7.11 Å². The third-order valence-corrected chi connectivity index (χ3v) is 4.40. The lowest BCUT2D eigenvalue weighted by molar-refractivity contribution is 0.0640. The zero-order valence-corrected chi connectivity index (χ0v) is 14.4. The van der Waals surface area contributed by atoms with Crippen molar-refractivity contribution >= 4 is 11.8 Å². The second kappa shape index (κ2) is 6.53. The van der Waals surface area contributed by atoms with Gasteiger partial charge in [0, 0.05) is 5.56 Å². The monoisotopic (exact) mass is 361 g/mol. The Balaban J connectivity index is 1.79. The molecular formula is C20H15N3O4. The van der Waals surface area contributed by atoms with Gasteiger partial charge in [-0.05, 0) is 29.8 Å². The number of carbonyl (C=O) groups is 2. The molecule has 0 bridgehead atoms. The van der Waals surface area contributed by atoms with Crippen LogP contribution in [0.1, 0.15) is 26.4 Å². The predicted octanol–water partition coefficient (Wildman–Crippen LogP) is 2.24. The molecule has 2 amide bonds. The Hall–Kier alpha value is -3.74. The number of nitrogens with zero attached hydrogens (tertiary/aromatic N) is 2. The normalized spacial score (nSPS) is 13.0. The predicted molar refractivity (Wildman–Crippen MR) is 97.5 cm³/mol. The van der Waals surface area contributed by atoms with Gasteiger partial charge in [0.2, 0.25) is 0 Å². The molecule has 1 aliphatic rings.